The second-order valence-corrected chi connectivity index (χ2v) is 8.81. The number of nitrogens with two attached hydrogens (primary N) is 1. The number of benzene rings is 1. The zero-order valence-electron chi connectivity index (χ0n) is 13.3. The third-order valence-electron chi connectivity index (χ3n) is 4.94. The second-order valence-electron chi connectivity index (χ2n) is 6.87. The van der Waals surface area contributed by atoms with Crippen molar-refractivity contribution in [2.24, 2.45) is 17.6 Å². The normalized spacial score (nSPS) is 29.2. The van der Waals surface area contributed by atoms with Crippen LogP contribution >= 0.6 is 0 Å². The molecule has 1 saturated carbocycles. The molecular weight excluding hydrogens is 298 g/mol. The highest BCUT2D eigenvalue weighted by atomic mass is 32.2. The summed E-state index contributed by atoms with van der Waals surface area (Å²) < 4.78 is 27.2. The van der Waals surface area contributed by atoms with Crippen LogP contribution in [0.15, 0.2) is 29.2 Å². The Bertz CT molecular complexity index is 627. The highest BCUT2D eigenvalue weighted by molar-refractivity contribution is 7.89. The summed E-state index contributed by atoms with van der Waals surface area (Å²) in [6, 6.07) is 7.41. The Labute approximate surface area is 133 Å². The van der Waals surface area contributed by atoms with Gasteiger partial charge < -0.3 is 10.6 Å². The standard InChI is InChI=1S/C16H25N3O2S/c1-18(2)9-12-3-6-14(7-4-12)22(20,21)19-10-13-5-8-16(17)15(13)11-19/h3-4,6-7,13,15-16H,5,8-11,17H2,1-2H3. The maximum atomic E-state index is 12.8. The molecule has 22 heavy (non-hydrogen) atoms. The van der Waals surface area contributed by atoms with Crippen LogP contribution in [0.4, 0.5) is 0 Å². The van der Waals surface area contributed by atoms with Gasteiger partial charge >= 0.3 is 0 Å². The van der Waals surface area contributed by atoms with E-state index >= 15 is 0 Å². The van der Waals surface area contributed by atoms with Crippen LogP contribution in [0.25, 0.3) is 0 Å². The summed E-state index contributed by atoms with van der Waals surface area (Å²) in [4.78, 5) is 2.45. The molecule has 0 spiro atoms. The predicted molar refractivity (Wildman–Crippen MR) is 86.8 cm³/mol. The van der Waals surface area contributed by atoms with Crippen molar-refractivity contribution in [2.45, 2.75) is 30.3 Å². The fraction of sp³-hybridized carbons (Fsp3) is 0.625. The molecule has 1 aliphatic carbocycles. The molecule has 1 aliphatic heterocycles. The monoisotopic (exact) mass is 323 g/mol. The number of fused-ring (bicyclic) bond motifs is 1. The van der Waals surface area contributed by atoms with Gasteiger partial charge in [0.25, 0.3) is 0 Å². The number of sulfonamides is 1. The lowest BCUT2D eigenvalue weighted by Gasteiger charge is -2.19. The Balaban J connectivity index is 1.76. The minimum atomic E-state index is -3.39. The van der Waals surface area contributed by atoms with Gasteiger partial charge in [-0.05, 0) is 56.5 Å². The molecule has 2 fully saturated rings. The average Bonchev–Trinajstić information content (AvgIpc) is 3.02. The van der Waals surface area contributed by atoms with Crippen molar-refractivity contribution in [3.8, 4) is 0 Å². The molecule has 1 saturated heterocycles. The van der Waals surface area contributed by atoms with Gasteiger partial charge in [-0.1, -0.05) is 12.1 Å². The zero-order chi connectivity index (χ0) is 15.9. The first kappa shape index (κ1) is 15.9. The maximum absolute atomic E-state index is 12.8. The van der Waals surface area contributed by atoms with E-state index in [0.717, 1.165) is 24.9 Å². The number of hydrogen-bond donors (Lipinski definition) is 1. The Morgan fingerprint density at radius 1 is 1.18 bits per heavy atom. The van der Waals surface area contributed by atoms with E-state index in [0.29, 0.717) is 29.8 Å². The smallest absolute Gasteiger partial charge is 0.243 e. The van der Waals surface area contributed by atoms with Crippen molar-refractivity contribution in [2.75, 3.05) is 27.2 Å². The molecule has 3 rings (SSSR count). The number of rotatable bonds is 4. The van der Waals surface area contributed by atoms with Crippen molar-refractivity contribution >= 4 is 10.0 Å². The summed E-state index contributed by atoms with van der Waals surface area (Å²) in [5.41, 5.74) is 7.22. The second kappa shape index (κ2) is 5.92. The topological polar surface area (TPSA) is 66.6 Å². The lowest BCUT2D eigenvalue weighted by atomic mass is 9.98. The maximum Gasteiger partial charge on any atom is 0.243 e. The molecule has 0 radical (unpaired) electrons. The quantitative estimate of drug-likeness (QED) is 0.901. The van der Waals surface area contributed by atoms with Gasteiger partial charge in [0.1, 0.15) is 0 Å². The fourth-order valence-electron chi connectivity index (χ4n) is 3.74. The number of hydrogen-bond acceptors (Lipinski definition) is 4. The molecule has 1 aromatic rings. The van der Waals surface area contributed by atoms with Gasteiger partial charge in [-0.15, -0.1) is 0 Å². The van der Waals surface area contributed by atoms with E-state index in [4.69, 9.17) is 5.73 Å². The van der Waals surface area contributed by atoms with E-state index in [1.54, 1.807) is 16.4 Å². The summed E-state index contributed by atoms with van der Waals surface area (Å²) >= 11 is 0. The van der Waals surface area contributed by atoms with Gasteiger partial charge in [0.05, 0.1) is 4.90 Å². The van der Waals surface area contributed by atoms with Crippen LogP contribution in [0.5, 0.6) is 0 Å². The van der Waals surface area contributed by atoms with Crippen molar-refractivity contribution in [3.63, 3.8) is 0 Å². The van der Waals surface area contributed by atoms with Gasteiger partial charge in [-0.3, -0.25) is 0 Å². The highest BCUT2D eigenvalue weighted by Crippen LogP contribution is 2.39. The summed E-state index contributed by atoms with van der Waals surface area (Å²) in [6.07, 6.45) is 2.09. The van der Waals surface area contributed by atoms with Crippen LogP contribution < -0.4 is 5.73 Å². The Morgan fingerprint density at radius 2 is 1.86 bits per heavy atom. The van der Waals surface area contributed by atoms with E-state index in [-0.39, 0.29) is 6.04 Å². The highest BCUT2D eigenvalue weighted by Gasteiger charge is 2.44. The SMILES string of the molecule is CN(C)Cc1ccc(S(=O)(=O)N2CC3CCC(N)C3C2)cc1. The Morgan fingerprint density at radius 3 is 2.45 bits per heavy atom. The molecular formula is C16H25N3O2S. The molecule has 0 bridgehead atoms. The van der Waals surface area contributed by atoms with Gasteiger partial charge in [0, 0.05) is 25.7 Å². The van der Waals surface area contributed by atoms with Crippen LogP contribution in [0.2, 0.25) is 0 Å². The lowest BCUT2D eigenvalue weighted by molar-refractivity contribution is 0.402. The molecule has 3 unspecified atom stereocenters. The molecule has 0 aromatic heterocycles. The molecule has 3 atom stereocenters. The van der Waals surface area contributed by atoms with Crippen LogP contribution in [0.3, 0.4) is 0 Å². The summed E-state index contributed by atoms with van der Waals surface area (Å²) in [5.74, 6) is 0.778. The fourth-order valence-corrected chi connectivity index (χ4v) is 5.28. The van der Waals surface area contributed by atoms with Crippen LogP contribution in [0.1, 0.15) is 18.4 Å². The van der Waals surface area contributed by atoms with Crippen molar-refractivity contribution in [1.82, 2.24) is 9.21 Å². The summed E-state index contributed by atoms with van der Waals surface area (Å²) in [5, 5.41) is 0. The van der Waals surface area contributed by atoms with E-state index in [9.17, 15) is 8.42 Å². The summed E-state index contributed by atoms with van der Waals surface area (Å²) in [7, 11) is 0.609. The third kappa shape index (κ3) is 2.93. The molecule has 2 aliphatic rings. The zero-order valence-corrected chi connectivity index (χ0v) is 14.1. The van der Waals surface area contributed by atoms with Gasteiger partial charge in [-0.2, -0.15) is 4.31 Å². The van der Waals surface area contributed by atoms with Gasteiger partial charge in [-0.25, -0.2) is 8.42 Å². The van der Waals surface area contributed by atoms with E-state index in [1.807, 2.05) is 26.2 Å². The molecule has 2 N–H and O–H groups in total. The van der Waals surface area contributed by atoms with Crippen molar-refractivity contribution in [1.29, 1.82) is 0 Å². The van der Waals surface area contributed by atoms with Gasteiger partial charge in [0.2, 0.25) is 10.0 Å². The average molecular weight is 323 g/mol. The molecule has 6 heteroatoms. The third-order valence-corrected chi connectivity index (χ3v) is 6.78. The molecule has 5 nitrogen and oxygen atoms in total. The van der Waals surface area contributed by atoms with Gasteiger partial charge in [0.15, 0.2) is 0 Å². The first-order chi connectivity index (χ1) is 10.4. The Hall–Kier alpha value is -0.950. The minimum absolute atomic E-state index is 0.160. The predicted octanol–water partition coefficient (Wildman–Crippen LogP) is 1.11. The lowest BCUT2D eigenvalue weighted by Crippen LogP contribution is -2.33. The van der Waals surface area contributed by atoms with Crippen LogP contribution in [0, 0.1) is 11.8 Å². The van der Waals surface area contributed by atoms with Crippen LogP contribution in [-0.2, 0) is 16.6 Å². The molecule has 1 heterocycles. The Kier molecular flexibility index (Phi) is 4.29. The summed E-state index contributed by atoms with van der Waals surface area (Å²) in [6.45, 7) is 2.01. The largest absolute Gasteiger partial charge is 0.327 e. The van der Waals surface area contributed by atoms with E-state index in [2.05, 4.69) is 4.90 Å². The molecule has 1 aromatic carbocycles. The van der Waals surface area contributed by atoms with Crippen molar-refractivity contribution in [3.05, 3.63) is 29.8 Å². The minimum Gasteiger partial charge on any atom is -0.327 e. The van der Waals surface area contributed by atoms with E-state index < -0.39 is 10.0 Å². The first-order valence-electron chi connectivity index (χ1n) is 7.87. The van der Waals surface area contributed by atoms with Crippen molar-refractivity contribution < 1.29 is 8.42 Å². The number of nitrogens with zero attached hydrogens (tertiary/aromatic N) is 2. The van der Waals surface area contributed by atoms with E-state index in [1.165, 1.54) is 0 Å². The first-order valence-corrected chi connectivity index (χ1v) is 9.31. The molecule has 0 amide bonds. The van der Waals surface area contributed by atoms with Crippen LogP contribution in [-0.4, -0.2) is 50.8 Å². The molecule has 122 valence electrons.